The maximum absolute atomic E-state index is 12.8. The number of hydrogen-bond donors (Lipinski definition) is 0. The summed E-state index contributed by atoms with van der Waals surface area (Å²) in [5.74, 6) is 0.976. The van der Waals surface area contributed by atoms with E-state index in [-0.39, 0.29) is 18.1 Å². The van der Waals surface area contributed by atoms with Crippen LogP contribution in [0.3, 0.4) is 0 Å². The van der Waals surface area contributed by atoms with Gasteiger partial charge in [0, 0.05) is 18.0 Å². The first-order chi connectivity index (χ1) is 15.2. The van der Waals surface area contributed by atoms with E-state index in [0.29, 0.717) is 18.1 Å². The van der Waals surface area contributed by atoms with Crippen molar-refractivity contribution in [3.8, 4) is 5.75 Å². The van der Waals surface area contributed by atoms with Gasteiger partial charge in [0.05, 0.1) is 19.8 Å². The maximum atomic E-state index is 12.8. The van der Waals surface area contributed by atoms with E-state index >= 15 is 0 Å². The minimum atomic E-state index is -0.330. The van der Waals surface area contributed by atoms with Crippen molar-refractivity contribution in [3.05, 3.63) is 101 Å². The summed E-state index contributed by atoms with van der Waals surface area (Å²) in [5, 5.41) is 0.672. The van der Waals surface area contributed by atoms with Gasteiger partial charge in [-0.3, -0.25) is 4.79 Å². The molecule has 0 aliphatic carbocycles. The molecule has 3 aromatic carbocycles. The second kappa shape index (κ2) is 9.99. The Morgan fingerprint density at radius 3 is 2.26 bits per heavy atom. The van der Waals surface area contributed by atoms with Gasteiger partial charge < -0.3 is 14.4 Å². The van der Waals surface area contributed by atoms with Gasteiger partial charge in [0.1, 0.15) is 11.9 Å². The molecule has 160 valence electrons. The highest BCUT2D eigenvalue weighted by atomic mass is 35.5. The first-order valence-electron chi connectivity index (χ1n) is 10.5. The predicted molar refractivity (Wildman–Crippen MR) is 122 cm³/mol. The number of likely N-dealkylation sites (tertiary alicyclic amines) is 1. The molecule has 0 radical (unpaired) electrons. The SMILES string of the molecule is COc1ccc(CO[C@H](c2ccc(Cl)cc2)[C@H](c2ccccc2)N2CCCC2=O)cc1. The van der Waals surface area contributed by atoms with E-state index in [0.717, 1.165) is 35.4 Å². The molecule has 3 aromatic rings. The van der Waals surface area contributed by atoms with E-state index < -0.39 is 0 Å². The number of hydrogen-bond acceptors (Lipinski definition) is 3. The smallest absolute Gasteiger partial charge is 0.223 e. The normalized spacial score (nSPS) is 15.7. The second-order valence-electron chi connectivity index (χ2n) is 7.68. The van der Waals surface area contributed by atoms with Crippen molar-refractivity contribution >= 4 is 17.5 Å². The fourth-order valence-electron chi connectivity index (χ4n) is 4.06. The van der Waals surface area contributed by atoms with Gasteiger partial charge in [-0.05, 0) is 47.4 Å². The van der Waals surface area contributed by atoms with Crippen molar-refractivity contribution in [1.29, 1.82) is 0 Å². The molecule has 5 heteroatoms. The van der Waals surface area contributed by atoms with Crippen molar-refractivity contribution in [2.24, 2.45) is 0 Å². The molecule has 0 bridgehead atoms. The lowest BCUT2D eigenvalue weighted by molar-refractivity contribution is -0.134. The molecule has 0 N–H and O–H groups in total. The summed E-state index contributed by atoms with van der Waals surface area (Å²) in [5.41, 5.74) is 3.10. The van der Waals surface area contributed by atoms with E-state index in [1.165, 1.54) is 0 Å². The Labute approximate surface area is 188 Å². The monoisotopic (exact) mass is 435 g/mol. The summed E-state index contributed by atoms with van der Waals surface area (Å²) < 4.78 is 11.8. The zero-order valence-electron chi connectivity index (χ0n) is 17.5. The summed E-state index contributed by atoms with van der Waals surface area (Å²) in [6.07, 6.45) is 1.12. The number of ether oxygens (including phenoxy) is 2. The average Bonchev–Trinajstić information content (AvgIpc) is 3.23. The van der Waals surface area contributed by atoms with Crippen molar-refractivity contribution in [1.82, 2.24) is 4.90 Å². The molecule has 1 fully saturated rings. The van der Waals surface area contributed by atoms with Crippen LogP contribution >= 0.6 is 11.6 Å². The molecule has 2 atom stereocenters. The van der Waals surface area contributed by atoms with Gasteiger partial charge in [0.15, 0.2) is 0 Å². The van der Waals surface area contributed by atoms with Gasteiger partial charge in [-0.1, -0.05) is 66.2 Å². The Bertz CT molecular complexity index is 989. The van der Waals surface area contributed by atoms with Crippen molar-refractivity contribution in [3.63, 3.8) is 0 Å². The van der Waals surface area contributed by atoms with Crippen LogP contribution in [0, 0.1) is 0 Å². The van der Waals surface area contributed by atoms with Crippen LogP contribution in [-0.2, 0) is 16.1 Å². The Hall–Kier alpha value is -2.82. The number of nitrogens with zero attached hydrogens (tertiary/aromatic N) is 1. The fourth-order valence-corrected chi connectivity index (χ4v) is 4.19. The van der Waals surface area contributed by atoms with Crippen LogP contribution in [0.2, 0.25) is 5.02 Å². The Balaban J connectivity index is 1.69. The summed E-state index contributed by atoms with van der Waals surface area (Å²) in [4.78, 5) is 14.7. The van der Waals surface area contributed by atoms with Crippen LogP contribution in [0.25, 0.3) is 0 Å². The molecular formula is C26H26ClNO3. The fraction of sp³-hybridized carbons (Fsp3) is 0.269. The number of benzene rings is 3. The van der Waals surface area contributed by atoms with E-state index in [9.17, 15) is 4.79 Å². The molecule has 0 aromatic heterocycles. The molecule has 0 saturated carbocycles. The molecule has 4 rings (SSSR count). The molecule has 4 nitrogen and oxygen atoms in total. The Morgan fingerprint density at radius 1 is 0.935 bits per heavy atom. The van der Waals surface area contributed by atoms with Crippen LogP contribution in [0.1, 0.15) is 41.7 Å². The highest BCUT2D eigenvalue weighted by Crippen LogP contribution is 2.40. The quantitative estimate of drug-likeness (QED) is 0.437. The third-order valence-electron chi connectivity index (χ3n) is 5.66. The third kappa shape index (κ3) is 5.09. The molecule has 31 heavy (non-hydrogen) atoms. The lowest BCUT2D eigenvalue weighted by Gasteiger charge is -2.35. The number of carbonyl (C=O) groups is 1. The van der Waals surface area contributed by atoms with Crippen LogP contribution in [0.15, 0.2) is 78.9 Å². The maximum Gasteiger partial charge on any atom is 0.223 e. The van der Waals surface area contributed by atoms with Gasteiger partial charge in [-0.2, -0.15) is 0 Å². The number of halogens is 1. The summed E-state index contributed by atoms with van der Waals surface area (Å²) in [6.45, 7) is 1.15. The van der Waals surface area contributed by atoms with Gasteiger partial charge in [0.2, 0.25) is 5.91 Å². The lowest BCUT2D eigenvalue weighted by atomic mass is 9.94. The Kier molecular flexibility index (Phi) is 6.90. The molecule has 1 amide bonds. The summed E-state index contributed by atoms with van der Waals surface area (Å²) >= 11 is 6.15. The van der Waals surface area contributed by atoms with Gasteiger partial charge >= 0.3 is 0 Å². The number of amides is 1. The molecule has 0 unspecified atom stereocenters. The van der Waals surface area contributed by atoms with Crippen LogP contribution in [0.5, 0.6) is 5.75 Å². The topological polar surface area (TPSA) is 38.8 Å². The zero-order chi connectivity index (χ0) is 21.6. The minimum Gasteiger partial charge on any atom is -0.497 e. The van der Waals surface area contributed by atoms with Gasteiger partial charge in [-0.15, -0.1) is 0 Å². The number of rotatable bonds is 8. The predicted octanol–water partition coefficient (Wildman–Crippen LogP) is 5.97. The lowest BCUT2D eigenvalue weighted by Crippen LogP contribution is -2.35. The molecular weight excluding hydrogens is 410 g/mol. The zero-order valence-corrected chi connectivity index (χ0v) is 18.3. The van der Waals surface area contributed by atoms with Crippen molar-refractivity contribution in [2.45, 2.75) is 31.6 Å². The molecule has 1 aliphatic rings. The van der Waals surface area contributed by atoms with Crippen molar-refractivity contribution in [2.75, 3.05) is 13.7 Å². The molecule has 1 saturated heterocycles. The number of carbonyl (C=O) groups excluding carboxylic acids is 1. The highest BCUT2D eigenvalue weighted by Gasteiger charge is 2.36. The van der Waals surface area contributed by atoms with Gasteiger partial charge in [-0.25, -0.2) is 0 Å². The minimum absolute atomic E-state index is 0.167. The summed E-state index contributed by atoms with van der Waals surface area (Å²) in [6, 6.07) is 25.5. The standard InChI is InChI=1S/C26H26ClNO3/c1-30-23-15-9-19(10-16-23)18-31-26(21-11-13-22(27)14-12-21)25(20-6-3-2-4-7-20)28-17-5-8-24(28)29/h2-4,6-7,9-16,25-26H,5,8,17-18H2,1H3/t25-,26+/m0/s1. The average molecular weight is 436 g/mol. The van der Waals surface area contributed by atoms with E-state index in [1.54, 1.807) is 7.11 Å². The highest BCUT2D eigenvalue weighted by molar-refractivity contribution is 6.30. The molecule has 1 aliphatic heterocycles. The van der Waals surface area contributed by atoms with Crippen LogP contribution in [-0.4, -0.2) is 24.5 Å². The van der Waals surface area contributed by atoms with Crippen LogP contribution in [0.4, 0.5) is 0 Å². The largest absolute Gasteiger partial charge is 0.497 e. The van der Waals surface area contributed by atoms with E-state index in [1.807, 2.05) is 71.6 Å². The summed E-state index contributed by atoms with van der Waals surface area (Å²) in [7, 11) is 1.65. The first-order valence-corrected chi connectivity index (χ1v) is 10.9. The van der Waals surface area contributed by atoms with E-state index in [2.05, 4.69) is 12.1 Å². The molecule has 0 spiro atoms. The van der Waals surface area contributed by atoms with Gasteiger partial charge in [0.25, 0.3) is 0 Å². The Morgan fingerprint density at radius 2 is 1.65 bits per heavy atom. The van der Waals surface area contributed by atoms with Crippen LogP contribution < -0.4 is 4.74 Å². The van der Waals surface area contributed by atoms with E-state index in [4.69, 9.17) is 21.1 Å². The molecule has 1 heterocycles. The first kappa shape index (κ1) is 21.4. The third-order valence-corrected chi connectivity index (χ3v) is 5.91. The number of methoxy groups -OCH3 is 1. The van der Waals surface area contributed by atoms with Crippen molar-refractivity contribution < 1.29 is 14.3 Å². The second-order valence-corrected chi connectivity index (χ2v) is 8.11.